The van der Waals surface area contributed by atoms with Crippen LogP contribution in [0.15, 0.2) is 36.8 Å². The van der Waals surface area contributed by atoms with E-state index < -0.39 is 11.6 Å². The maximum atomic E-state index is 13.3. The number of amides is 1. The summed E-state index contributed by atoms with van der Waals surface area (Å²) in [6.07, 6.45) is 7.58. The Morgan fingerprint density at radius 1 is 1.28 bits per heavy atom. The molecule has 2 aromatic rings. The van der Waals surface area contributed by atoms with Gasteiger partial charge in [-0.25, -0.2) is 8.78 Å². The summed E-state index contributed by atoms with van der Waals surface area (Å²) in [5.74, 6) is -1.67. The lowest BCUT2D eigenvalue weighted by Gasteiger charge is -2.33. The van der Waals surface area contributed by atoms with Gasteiger partial charge in [0.15, 0.2) is 11.6 Å². The second-order valence-corrected chi connectivity index (χ2v) is 6.15. The summed E-state index contributed by atoms with van der Waals surface area (Å²) < 4.78 is 26.3. The van der Waals surface area contributed by atoms with Gasteiger partial charge in [-0.05, 0) is 31.4 Å². The number of aryl methyl sites for hydroxylation is 1. The summed E-state index contributed by atoms with van der Waals surface area (Å²) in [5.41, 5.74) is 1.32. The number of rotatable bonds is 5. The lowest BCUT2D eigenvalue weighted by molar-refractivity contribution is -0.132. The van der Waals surface area contributed by atoms with E-state index in [1.54, 1.807) is 18.6 Å². The number of likely N-dealkylation sites (tertiary alicyclic amines) is 1. The van der Waals surface area contributed by atoms with E-state index in [4.69, 9.17) is 0 Å². The number of nitrogens with one attached hydrogen (secondary N) is 1. The van der Waals surface area contributed by atoms with Crippen molar-refractivity contribution in [3.05, 3.63) is 54.1 Å². The summed E-state index contributed by atoms with van der Waals surface area (Å²) in [5, 5.41) is 3.18. The first-order valence-electron chi connectivity index (χ1n) is 8.36. The number of carbonyl (C=O) groups excluding carboxylic acids is 1. The summed E-state index contributed by atoms with van der Waals surface area (Å²) in [6, 6.07) is 3.78. The Hall–Kier alpha value is -2.57. The lowest BCUT2D eigenvalue weighted by Crippen LogP contribution is -2.45. The van der Waals surface area contributed by atoms with Gasteiger partial charge in [-0.3, -0.25) is 14.8 Å². The molecule has 0 saturated carbocycles. The molecule has 1 aromatic carbocycles. The number of carbonyl (C=O) groups is 1. The van der Waals surface area contributed by atoms with Gasteiger partial charge in [0.25, 0.3) is 0 Å². The highest BCUT2D eigenvalue weighted by Gasteiger charge is 2.23. The molecule has 7 heteroatoms. The van der Waals surface area contributed by atoms with E-state index in [1.807, 2.05) is 4.90 Å². The maximum absolute atomic E-state index is 13.3. The highest BCUT2D eigenvalue weighted by Crippen LogP contribution is 2.19. The molecule has 1 aliphatic rings. The van der Waals surface area contributed by atoms with E-state index >= 15 is 0 Å². The summed E-state index contributed by atoms with van der Waals surface area (Å²) in [7, 11) is 0. The average molecular weight is 346 g/mol. The van der Waals surface area contributed by atoms with Gasteiger partial charge < -0.3 is 10.2 Å². The van der Waals surface area contributed by atoms with Crippen molar-refractivity contribution in [3.8, 4) is 0 Å². The van der Waals surface area contributed by atoms with E-state index in [-0.39, 0.29) is 11.9 Å². The Kier molecular flexibility index (Phi) is 5.53. The fourth-order valence-electron chi connectivity index (χ4n) is 3.00. The molecule has 1 amide bonds. The molecule has 0 aliphatic carbocycles. The largest absolute Gasteiger partial charge is 0.380 e. The van der Waals surface area contributed by atoms with Crippen molar-refractivity contribution < 1.29 is 13.6 Å². The van der Waals surface area contributed by atoms with Crippen molar-refractivity contribution in [2.24, 2.45) is 0 Å². The van der Waals surface area contributed by atoms with Crippen molar-refractivity contribution in [1.29, 1.82) is 0 Å². The van der Waals surface area contributed by atoms with Gasteiger partial charge in [-0.15, -0.1) is 0 Å². The molecule has 25 heavy (non-hydrogen) atoms. The smallest absolute Gasteiger partial charge is 0.223 e. The first-order chi connectivity index (χ1) is 12.1. The molecular formula is C18H20F2N4O. The Morgan fingerprint density at radius 2 is 2.16 bits per heavy atom. The second kappa shape index (κ2) is 8.00. The molecule has 132 valence electrons. The first-order valence-corrected chi connectivity index (χ1v) is 8.36. The van der Waals surface area contributed by atoms with Crippen molar-refractivity contribution in [2.75, 3.05) is 18.4 Å². The van der Waals surface area contributed by atoms with E-state index in [2.05, 4.69) is 15.3 Å². The average Bonchev–Trinajstić information content (AvgIpc) is 2.64. The van der Waals surface area contributed by atoms with Gasteiger partial charge >= 0.3 is 0 Å². The van der Waals surface area contributed by atoms with Gasteiger partial charge in [-0.2, -0.15) is 0 Å². The molecule has 2 heterocycles. The molecule has 5 nitrogen and oxygen atoms in total. The van der Waals surface area contributed by atoms with Crippen LogP contribution in [0, 0.1) is 11.6 Å². The maximum Gasteiger partial charge on any atom is 0.223 e. The molecule has 1 atom stereocenters. The Bertz CT molecular complexity index is 726. The van der Waals surface area contributed by atoms with Crippen LogP contribution in [0.25, 0.3) is 0 Å². The van der Waals surface area contributed by atoms with E-state index in [0.717, 1.165) is 37.2 Å². The molecule has 1 N–H and O–H groups in total. The third kappa shape index (κ3) is 4.71. The number of benzene rings is 1. The summed E-state index contributed by atoms with van der Waals surface area (Å²) in [6.45, 7) is 1.27. The molecule has 1 aromatic heterocycles. The van der Waals surface area contributed by atoms with Gasteiger partial charge in [-0.1, -0.05) is 0 Å². The van der Waals surface area contributed by atoms with Gasteiger partial charge in [0, 0.05) is 55.9 Å². The molecule has 0 spiro atoms. The number of hydrogen-bond acceptors (Lipinski definition) is 4. The van der Waals surface area contributed by atoms with Crippen LogP contribution >= 0.6 is 0 Å². The molecule has 1 aliphatic heterocycles. The van der Waals surface area contributed by atoms with Crippen LogP contribution in [-0.2, 0) is 11.2 Å². The zero-order valence-corrected chi connectivity index (χ0v) is 13.8. The van der Waals surface area contributed by atoms with Gasteiger partial charge in [0.1, 0.15) is 0 Å². The Labute approximate surface area is 145 Å². The highest BCUT2D eigenvalue weighted by molar-refractivity contribution is 5.76. The van der Waals surface area contributed by atoms with Gasteiger partial charge in [0.05, 0.1) is 5.69 Å². The summed E-state index contributed by atoms with van der Waals surface area (Å²) in [4.78, 5) is 22.4. The third-order valence-electron chi connectivity index (χ3n) is 4.28. The van der Waals surface area contributed by atoms with Crippen LogP contribution in [0.1, 0.15) is 25.0 Å². The van der Waals surface area contributed by atoms with Crippen LogP contribution in [-0.4, -0.2) is 39.9 Å². The predicted molar refractivity (Wildman–Crippen MR) is 89.9 cm³/mol. The fourth-order valence-corrected chi connectivity index (χ4v) is 3.00. The standard InChI is InChI=1S/C18H20F2N4O/c19-16-5-3-13(10-17(16)20)23-15-2-1-9-24(12-15)18(25)6-4-14-11-21-7-8-22-14/h3,5,7-8,10-11,15,23H,1-2,4,6,9,12H2/t15-/m0/s1. The normalized spacial score (nSPS) is 17.4. The number of anilines is 1. The van der Waals surface area contributed by atoms with Crippen molar-refractivity contribution in [2.45, 2.75) is 31.7 Å². The second-order valence-electron chi connectivity index (χ2n) is 6.15. The van der Waals surface area contributed by atoms with Crippen LogP contribution in [0.2, 0.25) is 0 Å². The van der Waals surface area contributed by atoms with Crippen molar-refractivity contribution in [1.82, 2.24) is 14.9 Å². The van der Waals surface area contributed by atoms with E-state index in [0.29, 0.717) is 25.1 Å². The Balaban J connectivity index is 1.53. The number of piperidine rings is 1. The van der Waals surface area contributed by atoms with E-state index in [1.165, 1.54) is 6.07 Å². The molecule has 0 bridgehead atoms. The van der Waals surface area contributed by atoms with Crippen LogP contribution in [0.4, 0.5) is 14.5 Å². The first kappa shape index (κ1) is 17.3. The zero-order valence-electron chi connectivity index (χ0n) is 13.8. The molecule has 0 radical (unpaired) electrons. The predicted octanol–water partition coefficient (Wildman–Crippen LogP) is 2.79. The highest BCUT2D eigenvalue weighted by atomic mass is 19.2. The van der Waals surface area contributed by atoms with Crippen molar-refractivity contribution >= 4 is 11.6 Å². The molecular weight excluding hydrogens is 326 g/mol. The fraction of sp³-hybridized carbons (Fsp3) is 0.389. The number of aromatic nitrogens is 2. The Morgan fingerprint density at radius 3 is 2.92 bits per heavy atom. The number of nitrogens with zero attached hydrogens (tertiary/aromatic N) is 3. The van der Waals surface area contributed by atoms with Crippen LogP contribution < -0.4 is 5.32 Å². The third-order valence-corrected chi connectivity index (χ3v) is 4.28. The zero-order chi connectivity index (χ0) is 17.6. The topological polar surface area (TPSA) is 58.1 Å². The number of halogens is 2. The number of hydrogen-bond donors (Lipinski definition) is 1. The molecule has 0 unspecified atom stereocenters. The minimum atomic E-state index is -0.877. The van der Waals surface area contributed by atoms with Crippen LogP contribution in [0.3, 0.4) is 0 Å². The van der Waals surface area contributed by atoms with Gasteiger partial charge in [0.2, 0.25) is 5.91 Å². The van der Waals surface area contributed by atoms with Crippen LogP contribution in [0.5, 0.6) is 0 Å². The molecule has 3 rings (SSSR count). The SMILES string of the molecule is O=C(CCc1cnccn1)N1CCC[C@H](Nc2ccc(F)c(F)c2)C1. The minimum Gasteiger partial charge on any atom is -0.380 e. The lowest BCUT2D eigenvalue weighted by atomic mass is 10.0. The van der Waals surface area contributed by atoms with Crippen molar-refractivity contribution in [3.63, 3.8) is 0 Å². The molecule has 1 fully saturated rings. The summed E-state index contributed by atoms with van der Waals surface area (Å²) >= 11 is 0. The monoisotopic (exact) mass is 346 g/mol. The van der Waals surface area contributed by atoms with E-state index in [9.17, 15) is 13.6 Å². The minimum absolute atomic E-state index is 0.0269. The molecule has 1 saturated heterocycles. The quantitative estimate of drug-likeness (QED) is 0.904.